The first kappa shape index (κ1) is 14.5. The molecule has 0 atom stereocenters. The van der Waals surface area contributed by atoms with Crippen molar-refractivity contribution in [3.8, 4) is 0 Å². The Kier molecular flexibility index (Phi) is 5.35. The zero-order valence-electron chi connectivity index (χ0n) is 10.4. The van der Waals surface area contributed by atoms with Crippen LogP contribution >= 0.6 is 0 Å². The maximum atomic E-state index is 11.7. The highest BCUT2D eigenvalue weighted by Gasteiger charge is 2.15. The first-order valence-electron chi connectivity index (χ1n) is 5.55. The van der Waals surface area contributed by atoms with Crippen molar-refractivity contribution in [1.82, 2.24) is 0 Å². The van der Waals surface area contributed by atoms with Gasteiger partial charge in [-0.05, 0) is 18.2 Å². The molecular formula is C14H15NO4. The summed E-state index contributed by atoms with van der Waals surface area (Å²) in [4.78, 5) is 23.3. The second-order valence-corrected chi connectivity index (χ2v) is 3.58. The van der Waals surface area contributed by atoms with E-state index in [-0.39, 0.29) is 30.0 Å². The Balaban J connectivity index is 2.93. The number of hydrogen-bond acceptors (Lipinski definition) is 5. The molecule has 0 radical (unpaired) electrons. The highest BCUT2D eigenvalue weighted by Crippen LogP contribution is 2.16. The van der Waals surface area contributed by atoms with Gasteiger partial charge < -0.3 is 15.2 Å². The molecule has 0 amide bonds. The van der Waals surface area contributed by atoms with Crippen molar-refractivity contribution >= 4 is 17.6 Å². The third-order valence-electron chi connectivity index (χ3n) is 2.17. The van der Waals surface area contributed by atoms with Crippen molar-refractivity contribution in [2.45, 2.75) is 0 Å². The lowest BCUT2D eigenvalue weighted by Gasteiger charge is -2.07. The average Bonchev–Trinajstić information content (AvgIpc) is 2.42. The van der Waals surface area contributed by atoms with E-state index in [2.05, 4.69) is 13.2 Å². The maximum Gasteiger partial charge on any atom is 0.340 e. The van der Waals surface area contributed by atoms with Crippen molar-refractivity contribution in [3.05, 3.63) is 54.6 Å². The molecule has 0 saturated carbocycles. The van der Waals surface area contributed by atoms with E-state index in [4.69, 9.17) is 15.2 Å². The van der Waals surface area contributed by atoms with Crippen LogP contribution in [0.3, 0.4) is 0 Å². The summed E-state index contributed by atoms with van der Waals surface area (Å²) in [5, 5.41) is 0. The molecule has 100 valence electrons. The lowest BCUT2D eigenvalue weighted by atomic mass is 10.1. The van der Waals surface area contributed by atoms with E-state index in [1.165, 1.54) is 30.4 Å². The van der Waals surface area contributed by atoms with Crippen LogP contribution in [0, 0.1) is 0 Å². The predicted molar refractivity (Wildman–Crippen MR) is 71.8 cm³/mol. The number of nitrogen functional groups attached to an aromatic ring is 1. The molecular weight excluding hydrogens is 246 g/mol. The van der Waals surface area contributed by atoms with Gasteiger partial charge in [-0.1, -0.05) is 25.3 Å². The Morgan fingerprint density at radius 2 is 1.68 bits per heavy atom. The fourth-order valence-corrected chi connectivity index (χ4v) is 1.29. The van der Waals surface area contributed by atoms with Gasteiger partial charge in [0.15, 0.2) is 0 Å². The summed E-state index contributed by atoms with van der Waals surface area (Å²) in [6.45, 7) is 7.04. The molecule has 5 heteroatoms. The summed E-state index contributed by atoms with van der Waals surface area (Å²) in [5.74, 6) is -1.17. The van der Waals surface area contributed by atoms with Gasteiger partial charge in [0.1, 0.15) is 13.2 Å². The maximum absolute atomic E-state index is 11.7. The summed E-state index contributed by atoms with van der Waals surface area (Å²) >= 11 is 0. The van der Waals surface area contributed by atoms with Crippen LogP contribution in [0.1, 0.15) is 20.7 Å². The highest BCUT2D eigenvalue weighted by atomic mass is 16.5. The molecule has 0 aromatic heterocycles. The summed E-state index contributed by atoms with van der Waals surface area (Å²) in [6, 6.07) is 4.27. The molecule has 0 unspecified atom stereocenters. The molecule has 1 aromatic carbocycles. The minimum atomic E-state index is -0.615. The van der Waals surface area contributed by atoms with Gasteiger partial charge in [-0.15, -0.1) is 0 Å². The van der Waals surface area contributed by atoms with Crippen molar-refractivity contribution in [1.29, 1.82) is 0 Å². The quantitative estimate of drug-likeness (QED) is 0.481. The fourth-order valence-electron chi connectivity index (χ4n) is 1.29. The van der Waals surface area contributed by atoms with Crippen molar-refractivity contribution in [3.63, 3.8) is 0 Å². The number of anilines is 1. The van der Waals surface area contributed by atoms with Gasteiger partial charge >= 0.3 is 11.9 Å². The van der Waals surface area contributed by atoms with E-state index in [1.54, 1.807) is 0 Å². The lowest BCUT2D eigenvalue weighted by Crippen LogP contribution is -2.11. The van der Waals surface area contributed by atoms with Crippen molar-refractivity contribution in [2.75, 3.05) is 18.9 Å². The molecule has 19 heavy (non-hydrogen) atoms. The second kappa shape index (κ2) is 7.00. The molecule has 0 aliphatic rings. The van der Waals surface area contributed by atoms with Gasteiger partial charge in [0.05, 0.1) is 11.1 Å². The molecule has 1 aromatic rings. The summed E-state index contributed by atoms with van der Waals surface area (Å²) in [6.07, 6.45) is 2.89. The van der Waals surface area contributed by atoms with Gasteiger partial charge in [-0.25, -0.2) is 9.59 Å². The zero-order valence-corrected chi connectivity index (χ0v) is 10.4. The van der Waals surface area contributed by atoms with Crippen LogP contribution in [-0.4, -0.2) is 25.2 Å². The molecule has 0 aliphatic carbocycles. The van der Waals surface area contributed by atoms with E-state index in [9.17, 15) is 9.59 Å². The summed E-state index contributed by atoms with van der Waals surface area (Å²) in [5.41, 5.74) is 6.24. The van der Waals surface area contributed by atoms with Crippen LogP contribution in [0.5, 0.6) is 0 Å². The number of benzene rings is 1. The molecule has 1 rings (SSSR count). The van der Waals surface area contributed by atoms with Crippen LogP contribution in [0.2, 0.25) is 0 Å². The second-order valence-electron chi connectivity index (χ2n) is 3.58. The normalized spacial score (nSPS) is 9.47. The van der Waals surface area contributed by atoms with Crippen molar-refractivity contribution < 1.29 is 19.1 Å². The van der Waals surface area contributed by atoms with Gasteiger partial charge in [0.2, 0.25) is 0 Å². The first-order chi connectivity index (χ1) is 9.10. The van der Waals surface area contributed by atoms with Gasteiger partial charge in [0.25, 0.3) is 0 Å². The number of hydrogen-bond donors (Lipinski definition) is 1. The van der Waals surface area contributed by atoms with E-state index in [0.717, 1.165) is 0 Å². The Hall–Kier alpha value is -2.56. The fraction of sp³-hybridized carbons (Fsp3) is 0.143. The molecule has 5 nitrogen and oxygen atoms in total. The molecule has 0 bridgehead atoms. The molecule has 2 N–H and O–H groups in total. The Bertz CT molecular complexity index is 508. The minimum Gasteiger partial charge on any atom is -0.458 e. The number of carbonyl (C=O) groups excluding carboxylic acids is 2. The van der Waals surface area contributed by atoms with Gasteiger partial charge in [-0.3, -0.25) is 0 Å². The van der Waals surface area contributed by atoms with E-state index in [0.29, 0.717) is 0 Å². The van der Waals surface area contributed by atoms with Crippen LogP contribution in [0.15, 0.2) is 43.5 Å². The van der Waals surface area contributed by atoms with Gasteiger partial charge in [-0.2, -0.15) is 0 Å². The Morgan fingerprint density at radius 1 is 1.11 bits per heavy atom. The van der Waals surface area contributed by atoms with Crippen LogP contribution in [0.4, 0.5) is 5.69 Å². The SMILES string of the molecule is C=CCOC(=O)c1ccc(N)c(C(=O)OCC=C)c1. The van der Waals surface area contributed by atoms with Crippen LogP contribution in [0.25, 0.3) is 0 Å². The number of esters is 2. The monoisotopic (exact) mass is 261 g/mol. The largest absolute Gasteiger partial charge is 0.458 e. The number of carbonyl (C=O) groups is 2. The van der Waals surface area contributed by atoms with Crippen LogP contribution in [-0.2, 0) is 9.47 Å². The van der Waals surface area contributed by atoms with E-state index >= 15 is 0 Å². The predicted octanol–water partition coefficient (Wildman–Crippen LogP) is 1.95. The molecule has 0 spiro atoms. The lowest BCUT2D eigenvalue weighted by molar-refractivity contribution is 0.0549. The Labute approximate surface area is 111 Å². The zero-order chi connectivity index (χ0) is 14.3. The summed E-state index contributed by atoms with van der Waals surface area (Å²) in [7, 11) is 0. The molecule has 0 heterocycles. The summed E-state index contributed by atoms with van der Waals surface area (Å²) < 4.78 is 9.74. The third-order valence-corrected chi connectivity index (χ3v) is 2.17. The smallest absolute Gasteiger partial charge is 0.340 e. The van der Waals surface area contributed by atoms with E-state index < -0.39 is 11.9 Å². The highest BCUT2D eigenvalue weighted by molar-refractivity contribution is 5.99. The number of ether oxygens (including phenoxy) is 2. The van der Waals surface area contributed by atoms with Crippen molar-refractivity contribution in [2.24, 2.45) is 0 Å². The topological polar surface area (TPSA) is 78.6 Å². The number of nitrogens with two attached hydrogens (primary N) is 1. The molecule has 0 saturated heterocycles. The van der Waals surface area contributed by atoms with Gasteiger partial charge in [0, 0.05) is 5.69 Å². The van der Waals surface area contributed by atoms with E-state index in [1.807, 2.05) is 0 Å². The molecule has 0 aliphatic heterocycles. The first-order valence-corrected chi connectivity index (χ1v) is 5.55. The standard InChI is InChI=1S/C14H15NO4/c1-3-7-18-13(16)10-5-6-12(15)11(9-10)14(17)19-8-4-2/h3-6,9H,1-2,7-8,15H2. The number of rotatable bonds is 6. The third kappa shape index (κ3) is 3.99. The Morgan fingerprint density at radius 3 is 2.26 bits per heavy atom. The average molecular weight is 261 g/mol. The molecule has 0 fully saturated rings. The minimum absolute atomic E-state index is 0.0728. The van der Waals surface area contributed by atoms with Crippen LogP contribution < -0.4 is 5.73 Å².